The van der Waals surface area contributed by atoms with E-state index in [4.69, 9.17) is 23.4 Å². The van der Waals surface area contributed by atoms with Crippen molar-refractivity contribution >= 4 is 39.2 Å². The molecule has 0 unspecified atom stereocenters. The van der Waals surface area contributed by atoms with Crippen LogP contribution in [0.2, 0.25) is 0 Å². The molecule has 0 saturated carbocycles. The van der Waals surface area contributed by atoms with Gasteiger partial charge in [0.15, 0.2) is 18.1 Å². The molecule has 10 heteroatoms. The van der Waals surface area contributed by atoms with Crippen molar-refractivity contribution in [1.29, 1.82) is 0 Å². The number of anilines is 1. The third kappa shape index (κ3) is 5.50. The maximum Gasteiger partial charge on any atom is 0.341 e. The van der Waals surface area contributed by atoms with Crippen molar-refractivity contribution < 1.29 is 33.0 Å². The number of hydrogen-bond donors (Lipinski definition) is 1. The molecule has 4 aromatic rings. The summed E-state index contributed by atoms with van der Waals surface area (Å²) in [7, 11) is 3.08. The summed E-state index contributed by atoms with van der Waals surface area (Å²) in [6.07, 6.45) is 0. The summed E-state index contributed by atoms with van der Waals surface area (Å²) in [5.74, 6) is 0.390. The number of carbonyl (C=O) groups excluding carboxylic acids is 2. The number of aryl methyl sites for hydroxylation is 2. The van der Waals surface area contributed by atoms with Gasteiger partial charge < -0.3 is 28.7 Å². The molecule has 0 atom stereocenters. The number of thiophene rings is 1. The molecule has 0 aliphatic carbocycles. The van der Waals surface area contributed by atoms with Crippen molar-refractivity contribution in [2.75, 3.05) is 32.8 Å². The van der Waals surface area contributed by atoms with Crippen LogP contribution in [0.3, 0.4) is 0 Å². The second-order valence-electron chi connectivity index (χ2n) is 8.27. The van der Waals surface area contributed by atoms with Gasteiger partial charge in [-0.05, 0) is 56.2 Å². The molecule has 1 amide bonds. The molecule has 1 N–H and O–H groups in total. The van der Waals surface area contributed by atoms with Gasteiger partial charge in [-0.25, -0.2) is 9.59 Å². The number of rotatable bonds is 9. The van der Waals surface area contributed by atoms with Gasteiger partial charge in [0.2, 0.25) is 0 Å². The Morgan fingerprint density at radius 2 is 1.76 bits per heavy atom. The zero-order chi connectivity index (χ0) is 27.4. The molecule has 198 valence electrons. The Bertz CT molecular complexity index is 1570. The summed E-state index contributed by atoms with van der Waals surface area (Å²) in [5, 5.41) is 3.90. The Hall–Kier alpha value is -4.31. The average molecular weight is 538 g/mol. The zero-order valence-corrected chi connectivity index (χ0v) is 22.4. The molecular weight excluding hydrogens is 510 g/mol. The fourth-order valence-electron chi connectivity index (χ4n) is 4.08. The highest BCUT2D eigenvalue weighted by molar-refractivity contribution is 7.17. The molecule has 9 nitrogen and oxygen atoms in total. The minimum Gasteiger partial charge on any atom is -0.493 e. The first-order valence-electron chi connectivity index (χ1n) is 11.8. The highest BCUT2D eigenvalue weighted by atomic mass is 32.1. The lowest BCUT2D eigenvalue weighted by atomic mass is 10.0. The highest BCUT2D eigenvalue weighted by Crippen LogP contribution is 2.42. The van der Waals surface area contributed by atoms with Crippen molar-refractivity contribution in [3.05, 3.63) is 68.9 Å². The zero-order valence-electron chi connectivity index (χ0n) is 21.6. The first-order valence-corrected chi connectivity index (χ1v) is 12.6. The molecule has 0 spiro atoms. The lowest BCUT2D eigenvalue weighted by Crippen LogP contribution is -2.21. The van der Waals surface area contributed by atoms with Gasteiger partial charge in [-0.3, -0.25) is 4.79 Å². The fourth-order valence-corrected chi connectivity index (χ4v) is 5.16. The molecule has 2 aromatic carbocycles. The van der Waals surface area contributed by atoms with Crippen molar-refractivity contribution in [2.24, 2.45) is 0 Å². The summed E-state index contributed by atoms with van der Waals surface area (Å²) in [5.41, 5.74) is 2.28. The molecule has 0 aliphatic heterocycles. The quantitative estimate of drug-likeness (QED) is 0.225. The van der Waals surface area contributed by atoms with Crippen LogP contribution in [0, 0.1) is 13.8 Å². The first-order chi connectivity index (χ1) is 18.2. The van der Waals surface area contributed by atoms with E-state index >= 15 is 0 Å². The van der Waals surface area contributed by atoms with E-state index in [0.717, 1.165) is 15.8 Å². The monoisotopic (exact) mass is 537 g/mol. The predicted octanol–water partition coefficient (Wildman–Crippen LogP) is 5.35. The molecule has 0 saturated heterocycles. The molecule has 38 heavy (non-hydrogen) atoms. The van der Waals surface area contributed by atoms with Crippen LogP contribution >= 0.6 is 11.3 Å². The van der Waals surface area contributed by atoms with Crippen molar-refractivity contribution in [2.45, 2.75) is 20.8 Å². The normalized spacial score (nSPS) is 10.8. The molecule has 0 bridgehead atoms. The smallest absolute Gasteiger partial charge is 0.341 e. The van der Waals surface area contributed by atoms with Gasteiger partial charge in [0.25, 0.3) is 5.91 Å². The topological polar surface area (TPSA) is 113 Å². The summed E-state index contributed by atoms with van der Waals surface area (Å²) in [4.78, 5) is 38.3. The second kappa shape index (κ2) is 11.4. The van der Waals surface area contributed by atoms with Crippen LogP contribution in [0.5, 0.6) is 17.2 Å². The molecule has 0 radical (unpaired) electrons. The first kappa shape index (κ1) is 26.7. The lowest BCUT2D eigenvalue weighted by molar-refractivity contribution is -0.118. The summed E-state index contributed by atoms with van der Waals surface area (Å²) in [6.45, 7) is 5.23. The van der Waals surface area contributed by atoms with Gasteiger partial charge in [-0.2, -0.15) is 0 Å². The number of fused-ring (bicyclic) bond motifs is 1. The minimum absolute atomic E-state index is 0.174. The van der Waals surface area contributed by atoms with Crippen LogP contribution in [-0.4, -0.2) is 39.3 Å². The number of nitrogens with one attached hydrogen (secondary N) is 1. The maximum absolute atomic E-state index is 13.0. The van der Waals surface area contributed by atoms with Crippen LogP contribution in [0.1, 0.15) is 27.7 Å². The number of carbonyl (C=O) groups is 2. The third-order valence-corrected chi connectivity index (χ3v) is 6.80. The molecule has 2 heterocycles. The van der Waals surface area contributed by atoms with E-state index in [1.165, 1.54) is 24.5 Å². The second-order valence-corrected chi connectivity index (χ2v) is 9.50. The number of methoxy groups -OCH3 is 2. The van der Waals surface area contributed by atoms with E-state index in [-0.39, 0.29) is 18.8 Å². The Labute approximate surface area is 222 Å². The van der Waals surface area contributed by atoms with E-state index < -0.39 is 17.5 Å². The van der Waals surface area contributed by atoms with Crippen molar-refractivity contribution in [1.82, 2.24) is 0 Å². The van der Waals surface area contributed by atoms with Crippen molar-refractivity contribution in [3.63, 3.8) is 0 Å². The van der Waals surface area contributed by atoms with Crippen LogP contribution in [0.15, 0.2) is 51.7 Å². The Morgan fingerprint density at radius 1 is 1.00 bits per heavy atom. The molecule has 0 aliphatic rings. The van der Waals surface area contributed by atoms with E-state index in [1.54, 1.807) is 44.4 Å². The van der Waals surface area contributed by atoms with Crippen LogP contribution < -0.4 is 25.2 Å². The number of amides is 1. The maximum atomic E-state index is 13.0. The fraction of sp³-hybridized carbons (Fsp3) is 0.250. The van der Waals surface area contributed by atoms with Crippen LogP contribution in [0.25, 0.3) is 22.1 Å². The Morgan fingerprint density at radius 3 is 2.47 bits per heavy atom. The van der Waals surface area contributed by atoms with Gasteiger partial charge in [-0.1, -0.05) is 6.07 Å². The average Bonchev–Trinajstić information content (AvgIpc) is 3.22. The molecule has 2 aromatic heterocycles. The van der Waals surface area contributed by atoms with E-state index in [1.807, 2.05) is 19.9 Å². The third-order valence-electron chi connectivity index (χ3n) is 5.78. The van der Waals surface area contributed by atoms with Crippen LogP contribution in [0.4, 0.5) is 5.00 Å². The van der Waals surface area contributed by atoms with E-state index in [9.17, 15) is 14.4 Å². The molecule has 4 rings (SSSR count). The summed E-state index contributed by atoms with van der Waals surface area (Å²) < 4.78 is 26.9. The summed E-state index contributed by atoms with van der Waals surface area (Å²) in [6, 6.07) is 11.8. The van der Waals surface area contributed by atoms with Crippen molar-refractivity contribution in [3.8, 4) is 28.4 Å². The number of benzene rings is 2. The van der Waals surface area contributed by atoms with Gasteiger partial charge in [0.05, 0.1) is 20.8 Å². The molecule has 0 fully saturated rings. The standard InChI is InChI=1S/C28H27NO8S/c1-6-35-28(32)26-25(17-7-10-20(33-4)22(12-17)34-5)16(3)38-27(26)29-23(30)14-36-18-8-9-19-15(2)11-24(31)37-21(19)13-18/h7-13H,6,14H2,1-5H3,(H,29,30). The summed E-state index contributed by atoms with van der Waals surface area (Å²) >= 11 is 1.26. The largest absolute Gasteiger partial charge is 0.493 e. The number of esters is 1. The number of hydrogen-bond acceptors (Lipinski definition) is 9. The van der Waals surface area contributed by atoms with E-state index in [2.05, 4.69) is 5.32 Å². The minimum atomic E-state index is -0.558. The lowest BCUT2D eigenvalue weighted by Gasteiger charge is -2.12. The highest BCUT2D eigenvalue weighted by Gasteiger charge is 2.26. The van der Waals surface area contributed by atoms with Crippen LogP contribution in [-0.2, 0) is 9.53 Å². The van der Waals surface area contributed by atoms with Gasteiger partial charge >= 0.3 is 11.6 Å². The predicted molar refractivity (Wildman–Crippen MR) is 145 cm³/mol. The number of ether oxygens (including phenoxy) is 4. The SMILES string of the molecule is CCOC(=O)c1c(NC(=O)COc2ccc3c(C)cc(=O)oc3c2)sc(C)c1-c1ccc(OC)c(OC)c1. The van der Waals surface area contributed by atoms with Gasteiger partial charge in [0, 0.05) is 28.0 Å². The Balaban J connectivity index is 1.60. The Kier molecular flexibility index (Phi) is 8.02. The van der Waals surface area contributed by atoms with Gasteiger partial charge in [0.1, 0.15) is 21.9 Å². The van der Waals surface area contributed by atoms with Gasteiger partial charge in [-0.15, -0.1) is 11.3 Å². The van der Waals surface area contributed by atoms with E-state index in [0.29, 0.717) is 39.0 Å². The molecular formula is C28H27NO8S.